The van der Waals surface area contributed by atoms with Gasteiger partial charge in [-0.1, -0.05) is 19.1 Å². The first kappa shape index (κ1) is 16.4. The van der Waals surface area contributed by atoms with Crippen LogP contribution in [0.25, 0.3) is 0 Å². The lowest BCUT2D eigenvalue weighted by atomic mass is 9.77. The van der Waals surface area contributed by atoms with Gasteiger partial charge in [0.2, 0.25) is 0 Å². The molecular formula is C19H27N3O. The van der Waals surface area contributed by atoms with Gasteiger partial charge in [0.25, 0.3) is 0 Å². The smallest absolute Gasteiger partial charge is 0.0991 e. The average Bonchev–Trinajstić information content (AvgIpc) is 3.10. The summed E-state index contributed by atoms with van der Waals surface area (Å²) in [5.74, 6) is 0. The summed E-state index contributed by atoms with van der Waals surface area (Å²) in [6, 6.07) is 10.1. The molecular weight excluding hydrogens is 286 g/mol. The first-order valence-corrected chi connectivity index (χ1v) is 8.91. The summed E-state index contributed by atoms with van der Waals surface area (Å²) in [4.78, 5) is 0. The monoisotopic (exact) mass is 313 g/mol. The highest BCUT2D eigenvalue weighted by atomic mass is 16.3. The fourth-order valence-corrected chi connectivity index (χ4v) is 4.27. The summed E-state index contributed by atoms with van der Waals surface area (Å²) in [6.45, 7) is 5.50. The highest BCUT2D eigenvalue weighted by Crippen LogP contribution is 2.39. The van der Waals surface area contributed by atoms with E-state index in [-0.39, 0.29) is 0 Å². The van der Waals surface area contributed by atoms with Gasteiger partial charge in [-0.3, -0.25) is 0 Å². The van der Waals surface area contributed by atoms with E-state index in [0.717, 1.165) is 50.9 Å². The van der Waals surface area contributed by atoms with E-state index in [1.165, 1.54) is 12.8 Å². The van der Waals surface area contributed by atoms with Gasteiger partial charge >= 0.3 is 0 Å². The van der Waals surface area contributed by atoms with Crippen LogP contribution in [-0.2, 0) is 5.60 Å². The third-order valence-electron chi connectivity index (χ3n) is 5.42. The van der Waals surface area contributed by atoms with Gasteiger partial charge in [0.05, 0.1) is 17.2 Å². The number of nitrogens with zero attached hydrogens (tertiary/aromatic N) is 3. The van der Waals surface area contributed by atoms with Crippen LogP contribution in [0.2, 0.25) is 0 Å². The van der Waals surface area contributed by atoms with E-state index >= 15 is 0 Å². The Balaban J connectivity index is 1.79. The molecule has 1 saturated heterocycles. The lowest BCUT2D eigenvalue weighted by Gasteiger charge is -2.45. The summed E-state index contributed by atoms with van der Waals surface area (Å²) in [5.41, 5.74) is 0.729. The molecule has 124 valence electrons. The Bertz CT molecular complexity index is 576. The second kappa shape index (κ2) is 7.00. The molecule has 1 heterocycles. The van der Waals surface area contributed by atoms with E-state index in [9.17, 15) is 5.11 Å². The Labute approximate surface area is 139 Å². The molecule has 0 radical (unpaired) electrons. The number of nitriles is 1. The number of hydrogen-bond donors (Lipinski definition) is 1. The van der Waals surface area contributed by atoms with Crippen molar-refractivity contribution in [3.63, 3.8) is 0 Å². The van der Waals surface area contributed by atoms with Crippen molar-refractivity contribution in [2.75, 3.05) is 19.6 Å². The van der Waals surface area contributed by atoms with Gasteiger partial charge in [0, 0.05) is 25.7 Å². The molecule has 2 atom stereocenters. The molecule has 0 aromatic heterocycles. The third-order valence-corrected chi connectivity index (χ3v) is 5.42. The van der Waals surface area contributed by atoms with Crippen molar-refractivity contribution >= 4 is 0 Å². The molecule has 4 heteroatoms. The molecule has 23 heavy (non-hydrogen) atoms. The summed E-state index contributed by atoms with van der Waals surface area (Å²) >= 11 is 0. The quantitative estimate of drug-likeness (QED) is 0.928. The van der Waals surface area contributed by atoms with Crippen LogP contribution in [0.4, 0.5) is 0 Å². The third kappa shape index (κ3) is 3.42. The van der Waals surface area contributed by atoms with Crippen molar-refractivity contribution in [1.29, 1.82) is 5.26 Å². The number of hydrogen-bond acceptors (Lipinski definition) is 4. The van der Waals surface area contributed by atoms with Gasteiger partial charge in [0.1, 0.15) is 0 Å². The van der Waals surface area contributed by atoms with E-state index in [2.05, 4.69) is 23.0 Å². The zero-order chi connectivity index (χ0) is 16.3. The summed E-state index contributed by atoms with van der Waals surface area (Å²) in [7, 11) is 0. The Kier molecular flexibility index (Phi) is 5.01. The molecule has 1 aliphatic heterocycles. The molecule has 1 aromatic carbocycles. The standard InChI is InChI=1S/C19H27N3O/c1-2-22(21-11-3-4-12-21)18-9-6-10-19(23,14-18)17-8-5-7-16(13-17)15-20/h5,7-8,13,18,23H,2-4,6,9-12,14H2,1H3. The van der Waals surface area contributed by atoms with Crippen molar-refractivity contribution in [3.05, 3.63) is 35.4 Å². The molecule has 0 spiro atoms. The number of aliphatic hydroxyl groups is 1. The van der Waals surface area contributed by atoms with E-state index in [0.29, 0.717) is 11.6 Å². The zero-order valence-corrected chi connectivity index (χ0v) is 14.0. The molecule has 1 saturated carbocycles. The molecule has 0 amide bonds. The predicted molar refractivity (Wildman–Crippen MR) is 90.5 cm³/mol. The number of rotatable bonds is 4. The van der Waals surface area contributed by atoms with Crippen LogP contribution in [0.5, 0.6) is 0 Å². The van der Waals surface area contributed by atoms with Crippen molar-refractivity contribution < 1.29 is 5.11 Å². The Morgan fingerprint density at radius 2 is 2.13 bits per heavy atom. The van der Waals surface area contributed by atoms with Crippen LogP contribution in [0.1, 0.15) is 56.6 Å². The first-order valence-electron chi connectivity index (χ1n) is 8.91. The molecule has 4 nitrogen and oxygen atoms in total. The fourth-order valence-electron chi connectivity index (χ4n) is 4.27. The Morgan fingerprint density at radius 3 is 2.83 bits per heavy atom. The van der Waals surface area contributed by atoms with Gasteiger partial charge in [-0.2, -0.15) is 5.26 Å². The van der Waals surface area contributed by atoms with E-state index < -0.39 is 5.60 Å². The molecule has 1 aliphatic carbocycles. The summed E-state index contributed by atoms with van der Waals surface area (Å²) in [5, 5.41) is 25.3. The number of benzene rings is 1. The van der Waals surface area contributed by atoms with Gasteiger partial charge in [0.15, 0.2) is 0 Å². The maximum Gasteiger partial charge on any atom is 0.0991 e. The highest BCUT2D eigenvalue weighted by molar-refractivity contribution is 5.35. The molecule has 2 fully saturated rings. The minimum absolute atomic E-state index is 0.391. The minimum atomic E-state index is -0.803. The predicted octanol–water partition coefficient (Wildman–Crippen LogP) is 3.02. The van der Waals surface area contributed by atoms with E-state index in [4.69, 9.17) is 5.26 Å². The number of hydrazine groups is 1. The van der Waals surface area contributed by atoms with Crippen LogP contribution in [-0.4, -0.2) is 40.8 Å². The molecule has 0 bridgehead atoms. The molecule has 2 aliphatic rings. The van der Waals surface area contributed by atoms with E-state index in [1.807, 2.05) is 18.2 Å². The largest absolute Gasteiger partial charge is 0.385 e. The Hall–Kier alpha value is -1.41. The lowest BCUT2D eigenvalue weighted by Crippen LogP contribution is -2.51. The van der Waals surface area contributed by atoms with Crippen LogP contribution >= 0.6 is 0 Å². The molecule has 3 rings (SSSR count). The summed E-state index contributed by atoms with van der Waals surface area (Å²) < 4.78 is 0. The normalized spacial score (nSPS) is 28.9. The average molecular weight is 313 g/mol. The van der Waals surface area contributed by atoms with Gasteiger partial charge in [-0.25, -0.2) is 10.0 Å². The van der Waals surface area contributed by atoms with Crippen molar-refractivity contribution in [1.82, 2.24) is 10.0 Å². The van der Waals surface area contributed by atoms with Gasteiger partial charge in [-0.15, -0.1) is 0 Å². The maximum absolute atomic E-state index is 11.3. The van der Waals surface area contributed by atoms with Crippen LogP contribution < -0.4 is 0 Å². The molecule has 1 N–H and O–H groups in total. The maximum atomic E-state index is 11.3. The second-order valence-corrected chi connectivity index (χ2v) is 6.89. The first-order chi connectivity index (χ1) is 11.2. The van der Waals surface area contributed by atoms with Crippen LogP contribution in [0.15, 0.2) is 24.3 Å². The lowest BCUT2D eigenvalue weighted by molar-refractivity contribution is -0.0988. The minimum Gasteiger partial charge on any atom is -0.385 e. The zero-order valence-electron chi connectivity index (χ0n) is 14.0. The topological polar surface area (TPSA) is 50.5 Å². The highest BCUT2D eigenvalue weighted by Gasteiger charge is 2.39. The Morgan fingerprint density at radius 1 is 1.35 bits per heavy atom. The fraction of sp³-hybridized carbons (Fsp3) is 0.632. The van der Waals surface area contributed by atoms with Crippen molar-refractivity contribution in [3.8, 4) is 6.07 Å². The van der Waals surface area contributed by atoms with Crippen LogP contribution in [0, 0.1) is 11.3 Å². The van der Waals surface area contributed by atoms with Crippen molar-refractivity contribution in [2.24, 2.45) is 0 Å². The van der Waals surface area contributed by atoms with Gasteiger partial charge in [-0.05, 0) is 56.2 Å². The molecule has 1 aromatic rings. The molecule has 2 unspecified atom stereocenters. The second-order valence-electron chi connectivity index (χ2n) is 6.89. The van der Waals surface area contributed by atoms with Crippen molar-refractivity contribution in [2.45, 2.75) is 57.1 Å². The SMILES string of the molecule is CCN(C1CCCC(O)(c2cccc(C#N)c2)C1)N1CCCC1. The summed E-state index contributed by atoms with van der Waals surface area (Å²) in [6.07, 6.45) is 6.27. The van der Waals surface area contributed by atoms with Crippen LogP contribution in [0.3, 0.4) is 0 Å². The van der Waals surface area contributed by atoms with E-state index in [1.54, 1.807) is 6.07 Å². The van der Waals surface area contributed by atoms with Gasteiger partial charge < -0.3 is 5.11 Å².